The van der Waals surface area contributed by atoms with Gasteiger partial charge in [-0.25, -0.2) is 0 Å². The molecule has 0 atom stereocenters. The third-order valence-electron chi connectivity index (χ3n) is 3.94. The van der Waals surface area contributed by atoms with Crippen molar-refractivity contribution in [1.29, 1.82) is 0 Å². The fourth-order valence-electron chi connectivity index (χ4n) is 2.76. The van der Waals surface area contributed by atoms with Gasteiger partial charge in [0, 0.05) is 23.7 Å². The molecule has 25 heavy (non-hydrogen) atoms. The van der Waals surface area contributed by atoms with Gasteiger partial charge in [-0.15, -0.1) is 0 Å². The number of hydrogen-bond acceptors (Lipinski definition) is 2. The minimum atomic E-state index is 0.561. The summed E-state index contributed by atoms with van der Waals surface area (Å²) in [5, 5.41) is 0. The van der Waals surface area contributed by atoms with Crippen molar-refractivity contribution in [2.75, 3.05) is 11.5 Å². The lowest BCUT2D eigenvalue weighted by Crippen LogP contribution is -2.09. The van der Waals surface area contributed by atoms with Crippen LogP contribution in [0.25, 0.3) is 0 Å². The second-order valence-corrected chi connectivity index (χ2v) is 6.58. The van der Waals surface area contributed by atoms with Crippen molar-refractivity contribution < 1.29 is 4.74 Å². The van der Waals surface area contributed by atoms with Crippen molar-refractivity contribution in [3.05, 3.63) is 90.5 Å². The third kappa shape index (κ3) is 4.71. The molecule has 0 fully saturated rings. The van der Waals surface area contributed by atoms with Crippen molar-refractivity contribution >= 4 is 17.1 Å². The van der Waals surface area contributed by atoms with E-state index in [0.29, 0.717) is 12.5 Å². The predicted octanol–water partition coefficient (Wildman–Crippen LogP) is 6.33. The first-order valence-electron chi connectivity index (χ1n) is 8.81. The third-order valence-corrected chi connectivity index (χ3v) is 3.94. The van der Waals surface area contributed by atoms with Crippen LogP contribution in [0.15, 0.2) is 84.9 Å². The first-order valence-corrected chi connectivity index (χ1v) is 8.81. The molecule has 3 rings (SSSR count). The van der Waals surface area contributed by atoms with Gasteiger partial charge in [0.15, 0.2) is 0 Å². The lowest BCUT2D eigenvalue weighted by Gasteiger charge is -2.25. The van der Waals surface area contributed by atoms with E-state index in [-0.39, 0.29) is 0 Å². The maximum Gasteiger partial charge on any atom is 0.0717 e. The van der Waals surface area contributed by atoms with Gasteiger partial charge in [-0.1, -0.05) is 62.4 Å². The lowest BCUT2D eigenvalue weighted by molar-refractivity contribution is 0.0971. The molecule has 0 bridgehead atoms. The zero-order chi connectivity index (χ0) is 17.5. The van der Waals surface area contributed by atoms with Crippen molar-refractivity contribution in [2.24, 2.45) is 5.92 Å². The number of anilines is 3. The molecule has 0 saturated carbocycles. The summed E-state index contributed by atoms with van der Waals surface area (Å²) in [7, 11) is 0. The summed E-state index contributed by atoms with van der Waals surface area (Å²) in [6.07, 6.45) is 0. The minimum absolute atomic E-state index is 0.561. The molecule has 3 aromatic carbocycles. The summed E-state index contributed by atoms with van der Waals surface area (Å²) in [6, 6.07) is 29.5. The molecular formula is C23H25NO. The maximum absolute atomic E-state index is 5.74. The van der Waals surface area contributed by atoms with Crippen LogP contribution < -0.4 is 4.90 Å². The molecule has 3 aromatic rings. The Hall–Kier alpha value is -2.58. The molecular weight excluding hydrogens is 306 g/mol. The molecule has 0 spiro atoms. The average Bonchev–Trinajstić information content (AvgIpc) is 2.65. The van der Waals surface area contributed by atoms with E-state index >= 15 is 0 Å². The number of benzene rings is 3. The summed E-state index contributed by atoms with van der Waals surface area (Å²) in [5.74, 6) is 0.561. The maximum atomic E-state index is 5.74. The van der Waals surface area contributed by atoms with Gasteiger partial charge in [0.25, 0.3) is 0 Å². The van der Waals surface area contributed by atoms with Crippen LogP contribution in [-0.2, 0) is 11.3 Å². The highest BCUT2D eigenvalue weighted by Gasteiger charge is 2.11. The molecule has 0 N–H and O–H groups in total. The Morgan fingerprint density at radius 2 is 1.16 bits per heavy atom. The normalized spacial score (nSPS) is 10.8. The zero-order valence-electron chi connectivity index (χ0n) is 14.9. The molecule has 0 aliphatic rings. The predicted molar refractivity (Wildman–Crippen MR) is 106 cm³/mol. The van der Waals surface area contributed by atoms with Crippen LogP contribution in [0.4, 0.5) is 17.1 Å². The van der Waals surface area contributed by atoms with Crippen molar-refractivity contribution in [1.82, 2.24) is 0 Å². The summed E-state index contributed by atoms with van der Waals surface area (Å²) < 4.78 is 5.74. The first-order chi connectivity index (χ1) is 12.2. The summed E-state index contributed by atoms with van der Waals surface area (Å²) in [6.45, 7) is 5.79. The molecule has 0 amide bonds. The molecule has 0 heterocycles. The standard InChI is InChI=1S/C23H25NO/c1-19(2)17-25-18-20-13-15-23(16-14-20)24(21-9-5-3-6-10-21)22-11-7-4-8-12-22/h3-16,19H,17-18H2,1-2H3. The first kappa shape index (κ1) is 17.2. The highest BCUT2D eigenvalue weighted by molar-refractivity contribution is 5.76. The van der Waals surface area contributed by atoms with Crippen molar-refractivity contribution in [2.45, 2.75) is 20.5 Å². The Morgan fingerprint density at radius 1 is 0.680 bits per heavy atom. The molecule has 128 valence electrons. The lowest BCUT2D eigenvalue weighted by atomic mass is 10.1. The van der Waals surface area contributed by atoms with E-state index in [2.05, 4.69) is 91.5 Å². The number of para-hydroxylation sites is 2. The van der Waals surface area contributed by atoms with Gasteiger partial charge < -0.3 is 9.64 Å². The summed E-state index contributed by atoms with van der Waals surface area (Å²) in [4.78, 5) is 2.26. The van der Waals surface area contributed by atoms with Gasteiger partial charge >= 0.3 is 0 Å². The van der Waals surface area contributed by atoms with E-state index in [1.54, 1.807) is 0 Å². The van der Waals surface area contributed by atoms with E-state index in [9.17, 15) is 0 Å². The smallest absolute Gasteiger partial charge is 0.0717 e. The Kier molecular flexibility index (Phi) is 5.86. The van der Waals surface area contributed by atoms with E-state index in [4.69, 9.17) is 4.74 Å². The largest absolute Gasteiger partial charge is 0.377 e. The van der Waals surface area contributed by atoms with Gasteiger partial charge in [0.2, 0.25) is 0 Å². The number of hydrogen-bond donors (Lipinski definition) is 0. The zero-order valence-corrected chi connectivity index (χ0v) is 14.9. The fraction of sp³-hybridized carbons (Fsp3) is 0.217. The van der Waals surface area contributed by atoms with Gasteiger partial charge in [0.1, 0.15) is 0 Å². The molecule has 2 heteroatoms. The molecule has 0 aliphatic carbocycles. The van der Waals surface area contributed by atoms with Gasteiger partial charge in [0.05, 0.1) is 6.61 Å². The van der Waals surface area contributed by atoms with Crippen LogP contribution >= 0.6 is 0 Å². The number of nitrogens with zero attached hydrogens (tertiary/aromatic N) is 1. The molecule has 2 nitrogen and oxygen atoms in total. The topological polar surface area (TPSA) is 12.5 Å². The Balaban J connectivity index is 1.84. The monoisotopic (exact) mass is 331 g/mol. The Morgan fingerprint density at radius 3 is 1.64 bits per heavy atom. The number of rotatable bonds is 7. The van der Waals surface area contributed by atoms with Crippen LogP contribution in [0.1, 0.15) is 19.4 Å². The van der Waals surface area contributed by atoms with Crippen LogP contribution in [0.5, 0.6) is 0 Å². The average molecular weight is 331 g/mol. The quantitative estimate of drug-likeness (QED) is 0.501. The van der Waals surface area contributed by atoms with Gasteiger partial charge in [-0.2, -0.15) is 0 Å². The second kappa shape index (κ2) is 8.50. The fourth-order valence-corrected chi connectivity index (χ4v) is 2.76. The van der Waals surface area contributed by atoms with Crippen LogP contribution in [0, 0.1) is 5.92 Å². The van der Waals surface area contributed by atoms with E-state index in [1.165, 1.54) is 5.56 Å². The molecule has 0 unspecified atom stereocenters. The van der Waals surface area contributed by atoms with Crippen LogP contribution in [-0.4, -0.2) is 6.61 Å². The van der Waals surface area contributed by atoms with Gasteiger partial charge in [-0.3, -0.25) is 0 Å². The second-order valence-electron chi connectivity index (χ2n) is 6.58. The minimum Gasteiger partial charge on any atom is -0.377 e. The van der Waals surface area contributed by atoms with Gasteiger partial charge in [-0.05, 0) is 47.9 Å². The molecule has 0 aliphatic heterocycles. The highest BCUT2D eigenvalue weighted by Crippen LogP contribution is 2.34. The summed E-state index contributed by atoms with van der Waals surface area (Å²) in [5.41, 5.74) is 4.64. The summed E-state index contributed by atoms with van der Waals surface area (Å²) >= 11 is 0. The van der Waals surface area contributed by atoms with Crippen LogP contribution in [0.3, 0.4) is 0 Å². The Bertz CT molecular complexity index is 712. The van der Waals surface area contributed by atoms with Crippen molar-refractivity contribution in [3.63, 3.8) is 0 Å². The Labute approximate surface area is 150 Å². The van der Waals surface area contributed by atoms with E-state index in [1.807, 2.05) is 12.1 Å². The number of ether oxygens (including phenoxy) is 1. The SMILES string of the molecule is CC(C)COCc1ccc(N(c2ccccc2)c2ccccc2)cc1. The van der Waals surface area contributed by atoms with Crippen molar-refractivity contribution in [3.8, 4) is 0 Å². The highest BCUT2D eigenvalue weighted by atomic mass is 16.5. The van der Waals surface area contributed by atoms with E-state index < -0.39 is 0 Å². The molecule has 0 aromatic heterocycles. The molecule has 0 radical (unpaired) electrons. The molecule has 0 saturated heterocycles. The van der Waals surface area contributed by atoms with E-state index in [0.717, 1.165) is 23.7 Å². The van der Waals surface area contributed by atoms with Crippen LogP contribution in [0.2, 0.25) is 0 Å².